The molecule has 0 unspecified atom stereocenters. The summed E-state index contributed by atoms with van der Waals surface area (Å²) >= 11 is 0. The van der Waals surface area contributed by atoms with Gasteiger partial charge in [0.25, 0.3) is 0 Å². The molecule has 5 heteroatoms. The first-order valence-corrected chi connectivity index (χ1v) is 7.84. The van der Waals surface area contributed by atoms with E-state index in [0.29, 0.717) is 19.6 Å². The minimum Gasteiger partial charge on any atom is -0.467 e. The van der Waals surface area contributed by atoms with Crippen LogP contribution in [0.5, 0.6) is 0 Å². The molecule has 0 saturated heterocycles. The highest BCUT2D eigenvalue weighted by atomic mass is 16.3. The summed E-state index contributed by atoms with van der Waals surface area (Å²) in [6, 6.07) is 15.2. The number of nitrogens with one attached hydrogen (secondary N) is 1. The minimum atomic E-state index is -0.161. The Labute approximate surface area is 140 Å². The van der Waals surface area contributed by atoms with Crippen LogP contribution in [0.25, 0.3) is 0 Å². The molecule has 0 bridgehead atoms. The van der Waals surface area contributed by atoms with Crippen molar-refractivity contribution in [2.45, 2.75) is 26.6 Å². The van der Waals surface area contributed by atoms with Gasteiger partial charge >= 0.3 is 6.03 Å². The molecule has 3 rings (SSSR count). The second kappa shape index (κ2) is 7.55. The van der Waals surface area contributed by atoms with E-state index in [0.717, 1.165) is 22.6 Å². The predicted molar refractivity (Wildman–Crippen MR) is 90.1 cm³/mol. The number of nitrogens with zero attached hydrogens (tertiary/aromatic N) is 1. The van der Waals surface area contributed by atoms with Crippen molar-refractivity contribution in [3.8, 4) is 0 Å². The number of aryl methyl sites for hydroxylation is 1. The molecule has 24 heavy (non-hydrogen) atoms. The molecule has 5 nitrogen and oxygen atoms in total. The third-order valence-electron chi connectivity index (χ3n) is 3.83. The number of furan rings is 2. The molecule has 3 aromatic rings. The normalized spacial score (nSPS) is 10.5. The van der Waals surface area contributed by atoms with Gasteiger partial charge in [-0.3, -0.25) is 0 Å². The Hall–Kier alpha value is -2.95. The lowest BCUT2D eigenvalue weighted by Gasteiger charge is -2.21. The van der Waals surface area contributed by atoms with E-state index in [2.05, 4.69) is 5.32 Å². The lowest BCUT2D eigenvalue weighted by molar-refractivity contribution is 0.181. The number of urea groups is 1. The number of benzene rings is 1. The van der Waals surface area contributed by atoms with Crippen molar-refractivity contribution in [2.75, 3.05) is 0 Å². The molecule has 0 radical (unpaired) electrons. The highest BCUT2D eigenvalue weighted by molar-refractivity contribution is 5.74. The van der Waals surface area contributed by atoms with Crippen LogP contribution < -0.4 is 5.32 Å². The van der Waals surface area contributed by atoms with Gasteiger partial charge in [0.1, 0.15) is 11.5 Å². The first-order chi connectivity index (χ1) is 11.7. The molecule has 2 aromatic heterocycles. The zero-order valence-electron chi connectivity index (χ0n) is 13.6. The van der Waals surface area contributed by atoms with Gasteiger partial charge in [-0.1, -0.05) is 24.3 Å². The third-order valence-corrected chi connectivity index (χ3v) is 3.83. The molecular weight excluding hydrogens is 304 g/mol. The average Bonchev–Trinajstić information content (AvgIpc) is 3.27. The maximum atomic E-state index is 12.6. The maximum absolute atomic E-state index is 12.6. The minimum absolute atomic E-state index is 0.161. The Morgan fingerprint density at radius 3 is 2.12 bits per heavy atom. The smallest absolute Gasteiger partial charge is 0.318 e. The lowest BCUT2D eigenvalue weighted by Crippen LogP contribution is -2.38. The van der Waals surface area contributed by atoms with Crippen LogP contribution in [0.1, 0.15) is 22.6 Å². The second-order valence-corrected chi connectivity index (χ2v) is 5.60. The summed E-state index contributed by atoms with van der Waals surface area (Å²) < 4.78 is 10.7. The number of amides is 2. The topological polar surface area (TPSA) is 58.6 Å². The van der Waals surface area contributed by atoms with Crippen LogP contribution in [-0.4, -0.2) is 10.9 Å². The van der Waals surface area contributed by atoms with E-state index in [4.69, 9.17) is 8.83 Å². The molecule has 0 aliphatic carbocycles. The summed E-state index contributed by atoms with van der Waals surface area (Å²) in [5.41, 5.74) is 2.25. The van der Waals surface area contributed by atoms with Crippen LogP contribution in [0.2, 0.25) is 0 Å². The number of hydrogen-bond donors (Lipinski definition) is 1. The number of rotatable bonds is 6. The van der Waals surface area contributed by atoms with Crippen molar-refractivity contribution in [3.05, 3.63) is 83.7 Å². The van der Waals surface area contributed by atoms with E-state index >= 15 is 0 Å². The fourth-order valence-corrected chi connectivity index (χ4v) is 2.47. The molecule has 2 heterocycles. The Morgan fingerprint density at radius 2 is 1.58 bits per heavy atom. The zero-order valence-corrected chi connectivity index (χ0v) is 13.6. The molecular formula is C19H20N2O3. The zero-order chi connectivity index (χ0) is 16.8. The molecule has 0 spiro atoms. The van der Waals surface area contributed by atoms with Crippen molar-refractivity contribution in [2.24, 2.45) is 0 Å². The van der Waals surface area contributed by atoms with Crippen molar-refractivity contribution in [1.29, 1.82) is 0 Å². The molecule has 0 aliphatic heterocycles. The quantitative estimate of drug-likeness (QED) is 0.743. The average molecular weight is 324 g/mol. The van der Waals surface area contributed by atoms with Crippen LogP contribution in [0, 0.1) is 6.92 Å². The number of hydrogen-bond acceptors (Lipinski definition) is 3. The first-order valence-electron chi connectivity index (χ1n) is 7.84. The fourth-order valence-electron chi connectivity index (χ4n) is 2.47. The van der Waals surface area contributed by atoms with Gasteiger partial charge in [-0.15, -0.1) is 0 Å². The van der Waals surface area contributed by atoms with Gasteiger partial charge in [-0.05, 0) is 42.3 Å². The van der Waals surface area contributed by atoms with E-state index in [1.807, 2.05) is 55.5 Å². The van der Waals surface area contributed by atoms with Crippen LogP contribution in [0.15, 0.2) is 69.9 Å². The molecule has 124 valence electrons. The molecule has 0 atom stereocenters. The van der Waals surface area contributed by atoms with Gasteiger partial charge < -0.3 is 19.1 Å². The fraction of sp³-hybridized carbons (Fsp3) is 0.211. The first kappa shape index (κ1) is 15.9. The summed E-state index contributed by atoms with van der Waals surface area (Å²) in [6.45, 7) is 3.28. The van der Waals surface area contributed by atoms with E-state index in [9.17, 15) is 4.79 Å². The van der Waals surface area contributed by atoms with Crippen LogP contribution in [0.3, 0.4) is 0 Å². The summed E-state index contributed by atoms with van der Waals surface area (Å²) in [5, 5.41) is 2.97. The van der Waals surface area contributed by atoms with Gasteiger partial charge in [0.2, 0.25) is 0 Å². The summed E-state index contributed by atoms with van der Waals surface area (Å²) in [7, 11) is 0. The van der Waals surface area contributed by atoms with Gasteiger partial charge in [-0.25, -0.2) is 4.79 Å². The standard InChI is InChI=1S/C19H20N2O3/c1-15-6-2-3-7-16(15)12-20-19(22)21(13-17-8-4-10-23-17)14-18-9-5-11-24-18/h2-11H,12-14H2,1H3,(H,20,22). The Bertz CT molecular complexity index is 728. The highest BCUT2D eigenvalue weighted by Crippen LogP contribution is 2.12. The second-order valence-electron chi connectivity index (χ2n) is 5.60. The summed E-state index contributed by atoms with van der Waals surface area (Å²) in [4.78, 5) is 14.3. The van der Waals surface area contributed by atoms with Crippen molar-refractivity contribution >= 4 is 6.03 Å². The number of carbonyl (C=O) groups excluding carboxylic acids is 1. The monoisotopic (exact) mass is 324 g/mol. The van der Waals surface area contributed by atoms with Gasteiger partial charge in [0.05, 0.1) is 25.6 Å². The van der Waals surface area contributed by atoms with Crippen LogP contribution >= 0.6 is 0 Å². The molecule has 1 aromatic carbocycles. The molecule has 1 N–H and O–H groups in total. The molecule has 0 saturated carbocycles. The molecule has 0 fully saturated rings. The van der Waals surface area contributed by atoms with Crippen LogP contribution in [-0.2, 0) is 19.6 Å². The molecule has 0 aliphatic rings. The summed E-state index contributed by atoms with van der Waals surface area (Å²) in [5.74, 6) is 1.46. The van der Waals surface area contributed by atoms with E-state index < -0.39 is 0 Å². The van der Waals surface area contributed by atoms with Crippen molar-refractivity contribution in [3.63, 3.8) is 0 Å². The Kier molecular flexibility index (Phi) is 5.01. The summed E-state index contributed by atoms with van der Waals surface area (Å²) in [6.07, 6.45) is 3.21. The Balaban J connectivity index is 1.67. The SMILES string of the molecule is Cc1ccccc1CNC(=O)N(Cc1ccco1)Cc1ccco1. The lowest BCUT2D eigenvalue weighted by atomic mass is 10.1. The van der Waals surface area contributed by atoms with Gasteiger partial charge in [0, 0.05) is 6.54 Å². The highest BCUT2D eigenvalue weighted by Gasteiger charge is 2.17. The molecule has 2 amide bonds. The van der Waals surface area contributed by atoms with Crippen LogP contribution in [0.4, 0.5) is 4.79 Å². The van der Waals surface area contributed by atoms with E-state index in [1.165, 1.54) is 0 Å². The third kappa shape index (κ3) is 4.07. The van der Waals surface area contributed by atoms with Crippen molar-refractivity contribution in [1.82, 2.24) is 10.2 Å². The maximum Gasteiger partial charge on any atom is 0.318 e. The predicted octanol–water partition coefficient (Wildman–Crippen LogP) is 4.09. The largest absolute Gasteiger partial charge is 0.467 e. The van der Waals surface area contributed by atoms with Crippen molar-refractivity contribution < 1.29 is 13.6 Å². The Morgan fingerprint density at radius 1 is 0.958 bits per heavy atom. The van der Waals surface area contributed by atoms with E-state index in [-0.39, 0.29) is 6.03 Å². The van der Waals surface area contributed by atoms with Gasteiger partial charge in [-0.2, -0.15) is 0 Å². The number of carbonyl (C=O) groups is 1. The van der Waals surface area contributed by atoms with Gasteiger partial charge in [0.15, 0.2) is 0 Å². The van der Waals surface area contributed by atoms with E-state index in [1.54, 1.807) is 17.4 Å².